The van der Waals surface area contributed by atoms with E-state index in [1.165, 1.54) is 5.56 Å². The van der Waals surface area contributed by atoms with Gasteiger partial charge in [-0.3, -0.25) is 9.69 Å². The molecule has 0 radical (unpaired) electrons. The maximum absolute atomic E-state index is 12.9. The average Bonchev–Trinajstić information content (AvgIpc) is 3.42. The van der Waals surface area contributed by atoms with Crippen LogP contribution in [0.4, 0.5) is 0 Å². The van der Waals surface area contributed by atoms with Crippen molar-refractivity contribution in [2.45, 2.75) is 63.5 Å². The summed E-state index contributed by atoms with van der Waals surface area (Å²) in [4.78, 5) is 17.4. The maximum atomic E-state index is 12.9. The van der Waals surface area contributed by atoms with Gasteiger partial charge in [-0.1, -0.05) is 18.2 Å². The van der Waals surface area contributed by atoms with Crippen LogP contribution in [0.15, 0.2) is 40.8 Å². The second-order valence-electron chi connectivity index (χ2n) is 9.30. The van der Waals surface area contributed by atoms with Crippen molar-refractivity contribution in [1.29, 1.82) is 0 Å². The smallest absolute Gasteiger partial charge is 0.223 e. The van der Waals surface area contributed by atoms with Crippen LogP contribution in [0.1, 0.15) is 61.5 Å². The van der Waals surface area contributed by atoms with Crippen LogP contribution in [0.3, 0.4) is 0 Å². The number of carbonyl (C=O) groups is 1. The minimum Gasteiger partial charge on any atom is -0.487 e. The third kappa shape index (κ3) is 4.00. The highest BCUT2D eigenvalue weighted by Crippen LogP contribution is 2.46. The maximum Gasteiger partial charge on any atom is 0.223 e. The van der Waals surface area contributed by atoms with E-state index in [1.807, 2.05) is 19.1 Å². The zero-order valence-corrected chi connectivity index (χ0v) is 17.9. The van der Waals surface area contributed by atoms with E-state index < -0.39 is 0 Å². The number of hydrogen-bond donors (Lipinski definition) is 0. The molecule has 5 heteroatoms. The fourth-order valence-electron chi connectivity index (χ4n) is 5.45. The Bertz CT molecular complexity index is 891. The lowest BCUT2D eigenvalue weighted by molar-refractivity contribution is -0.131. The highest BCUT2D eigenvalue weighted by Gasteiger charge is 2.44. The van der Waals surface area contributed by atoms with Gasteiger partial charge in [-0.2, -0.15) is 0 Å². The molecule has 0 N–H and O–H groups in total. The molecule has 160 valence electrons. The van der Waals surface area contributed by atoms with Gasteiger partial charge in [0.25, 0.3) is 0 Å². The van der Waals surface area contributed by atoms with E-state index in [-0.39, 0.29) is 11.5 Å². The summed E-state index contributed by atoms with van der Waals surface area (Å²) >= 11 is 0. The monoisotopic (exact) mass is 408 g/mol. The van der Waals surface area contributed by atoms with Gasteiger partial charge in [0.15, 0.2) is 0 Å². The van der Waals surface area contributed by atoms with Crippen LogP contribution in [-0.2, 0) is 11.3 Å². The van der Waals surface area contributed by atoms with Crippen LogP contribution in [-0.4, -0.2) is 47.5 Å². The summed E-state index contributed by atoms with van der Waals surface area (Å²) in [5.41, 5.74) is 1.06. The minimum atomic E-state index is -0.153. The molecule has 0 unspecified atom stereocenters. The van der Waals surface area contributed by atoms with Crippen molar-refractivity contribution in [3.8, 4) is 5.75 Å². The van der Waals surface area contributed by atoms with Crippen molar-refractivity contribution in [2.75, 3.05) is 26.2 Å². The fraction of sp³-hybridized carbons (Fsp3) is 0.560. The van der Waals surface area contributed by atoms with Gasteiger partial charge in [-0.05, 0) is 62.8 Å². The molecule has 2 fully saturated rings. The van der Waals surface area contributed by atoms with Gasteiger partial charge in [0.1, 0.15) is 22.9 Å². The summed E-state index contributed by atoms with van der Waals surface area (Å²) in [5, 5.41) is 0. The molecule has 1 spiro atoms. The third-order valence-electron chi connectivity index (χ3n) is 7.13. The molecule has 5 nitrogen and oxygen atoms in total. The quantitative estimate of drug-likeness (QED) is 0.747. The van der Waals surface area contributed by atoms with Crippen molar-refractivity contribution in [3.63, 3.8) is 0 Å². The van der Waals surface area contributed by atoms with Gasteiger partial charge in [0, 0.05) is 38.5 Å². The first-order chi connectivity index (χ1) is 14.6. The SMILES string of the molecule is Cc1ccc(CN2CCC3(CC2)C[C@@H](CC(=O)N2CCCC2)c2ccccc2O3)o1. The minimum absolute atomic E-state index is 0.153. The summed E-state index contributed by atoms with van der Waals surface area (Å²) in [7, 11) is 0. The van der Waals surface area contributed by atoms with Crippen molar-refractivity contribution in [2.24, 2.45) is 0 Å². The lowest BCUT2D eigenvalue weighted by Crippen LogP contribution is -2.50. The number of furan rings is 1. The number of nitrogens with zero attached hydrogens (tertiary/aromatic N) is 2. The van der Waals surface area contributed by atoms with E-state index in [1.54, 1.807) is 0 Å². The highest BCUT2D eigenvalue weighted by atomic mass is 16.5. The van der Waals surface area contributed by atoms with E-state index >= 15 is 0 Å². The molecule has 3 aliphatic rings. The van der Waals surface area contributed by atoms with Gasteiger partial charge >= 0.3 is 0 Å². The number of ether oxygens (including phenoxy) is 1. The van der Waals surface area contributed by atoms with E-state index in [2.05, 4.69) is 34.1 Å². The first-order valence-electron chi connectivity index (χ1n) is 11.4. The van der Waals surface area contributed by atoms with Crippen molar-refractivity contribution < 1.29 is 13.9 Å². The summed E-state index contributed by atoms with van der Waals surface area (Å²) in [6, 6.07) is 12.5. The van der Waals surface area contributed by atoms with Crippen LogP contribution in [0, 0.1) is 6.92 Å². The van der Waals surface area contributed by atoms with Crippen LogP contribution in [0.5, 0.6) is 5.75 Å². The number of carbonyl (C=O) groups excluding carboxylic acids is 1. The Kier molecular flexibility index (Phi) is 5.32. The molecule has 30 heavy (non-hydrogen) atoms. The molecule has 3 aliphatic heterocycles. The standard InChI is InChI=1S/C25H32N2O3/c1-19-8-9-21(29-19)18-26-14-10-25(11-15-26)17-20(16-24(28)27-12-4-5-13-27)22-6-2-3-7-23(22)30-25/h2-3,6-9,20H,4-5,10-18H2,1H3/t20-/m1/s1. The zero-order chi connectivity index (χ0) is 20.6. The Morgan fingerprint density at radius 2 is 1.83 bits per heavy atom. The number of amides is 1. The first-order valence-corrected chi connectivity index (χ1v) is 11.4. The number of piperidine rings is 1. The number of aryl methyl sites for hydroxylation is 1. The van der Waals surface area contributed by atoms with E-state index in [4.69, 9.17) is 9.15 Å². The predicted molar refractivity (Wildman–Crippen MR) is 116 cm³/mol. The Hall–Kier alpha value is -2.27. The lowest BCUT2D eigenvalue weighted by atomic mass is 9.76. The normalized spacial score (nSPS) is 23.4. The van der Waals surface area contributed by atoms with Gasteiger partial charge < -0.3 is 14.1 Å². The van der Waals surface area contributed by atoms with E-state index in [0.29, 0.717) is 12.3 Å². The molecule has 1 aromatic heterocycles. The Balaban J connectivity index is 1.28. The average molecular weight is 409 g/mol. The van der Waals surface area contributed by atoms with Crippen molar-refractivity contribution in [1.82, 2.24) is 9.80 Å². The van der Waals surface area contributed by atoms with Crippen LogP contribution in [0.25, 0.3) is 0 Å². The Morgan fingerprint density at radius 1 is 1.07 bits per heavy atom. The first kappa shape index (κ1) is 19.7. The molecule has 4 heterocycles. The lowest BCUT2D eigenvalue weighted by Gasteiger charge is -2.47. The molecule has 1 atom stereocenters. The predicted octanol–water partition coefficient (Wildman–Crippen LogP) is 4.50. The topological polar surface area (TPSA) is 45.9 Å². The molecular weight excluding hydrogens is 376 g/mol. The molecule has 5 rings (SSSR count). The summed E-state index contributed by atoms with van der Waals surface area (Å²) in [6.07, 6.45) is 5.83. The molecule has 0 saturated carbocycles. The molecular formula is C25H32N2O3. The van der Waals surface area contributed by atoms with Gasteiger partial charge in [-0.15, -0.1) is 0 Å². The molecule has 1 aromatic carbocycles. The Labute approximate surface area is 179 Å². The van der Waals surface area contributed by atoms with E-state index in [9.17, 15) is 4.79 Å². The summed E-state index contributed by atoms with van der Waals surface area (Å²) < 4.78 is 12.4. The number of para-hydroxylation sites is 1. The van der Waals surface area contributed by atoms with Crippen LogP contribution >= 0.6 is 0 Å². The molecule has 1 amide bonds. The second kappa shape index (κ2) is 8.10. The van der Waals surface area contributed by atoms with Gasteiger partial charge in [0.05, 0.1) is 6.54 Å². The second-order valence-corrected chi connectivity index (χ2v) is 9.30. The number of benzene rings is 1. The number of rotatable bonds is 4. The fourth-order valence-corrected chi connectivity index (χ4v) is 5.45. The van der Waals surface area contributed by atoms with E-state index in [0.717, 1.165) is 82.1 Å². The largest absolute Gasteiger partial charge is 0.487 e. The molecule has 0 aliphatic carbocycles. The molecule has 0 bridgehead atoms. The van der Waals surface area contributed by atoms with Gasteiger partial charge in [-0.25, -0.2) is 0 Å². The number of likely N-dealkylation sites (tertiary alicyclic amines) is 2. The van der Waals surface area contributed by atoms with Crippen LogP contribution < -0.4 is 4.74 Å². The Morgan fingerprint density at radius 3 is 2.57 bits per heavy atom. The highest BCUT2D eigenvalue weighted by molar-refractivity contribution is 5.77. The zero-order valence-electron chi connectivity index (χ0n) is 17.9. The summed E-state index contributed by atoms with van der Waals surface area (Å²) in [6.45, 7) is 6.69. The number of fused-ring (bicyclic) bond motifs is 1. The molecule has 2 saturated heterocycles. The van der Waals surface area contributed by atoms with Crippen molar-refractivity contribution >= 4 is 5.91 Å². The molecule has 2 aromatic rings. The van der Waals surface area contributed by atoms with Crippen molar-refractivity contribution in [3.05, 3.63) is 53.5 Å². The summed E-state index contributed by atoms with van der Waals surface area (Å²) in [5.74, 6) is 3.55. The van der Waals surface area contributed by atoms with Crippen LogP contribution in [0.2, 0.25) is 0 Å². The third-order valence-corrected chi connectivity index (χ3v) is 7.13. The number of hydrogen-bond acceptors (Lipinski definition) is 4. The van der Waals surface area contributed by atoms with Gasteiger partial charge in [0.2, 0.25) is 5.91 Å².